The summed E-state index contributed by atoms with van der Waals surface area (Å²) in [7, 11) is 0. The quantitative estimate of drug-likeness (QED) is 0.603. The average molecular weight is 459 g/mol. The topological polar surface area (TPSA) is 94.3 Å². The molecule has 1 aromatic carbocycles. The van der Waals surface area contributed by atoms with Gasteiger partial charge in [-0.1, -0.05) is 12.5 Å². The van der Waals surface area contributed by atoms with Crippen molar-refractivity contribution in [1.29, 1.82) is 0 Å². The summed E-state index contributed by atoms with van der Waals surface area (Å²) in [4.78, 5) is 14.3. The first kappa shape index (κ1) is 22.5. The normalized spacial score (nSPS) is 22.2. The number of ether oxygens (including phenoxy) is 3. The second-order valence-electron chi connectivity index (χ2n) is 9.95. The number of aliphatic carboxylic acids is 1. The highest BCUT2D eigenvalue weighted by Gasteiger charge is 2.42. The van der Waals surface area contributed by atoms with Gasteiger partial charge in [-0.05, 0) is 80.7 Å². The lowest BCUT2D eigenvalue weighted by Gasteiger charge is -2.40. The molecule has 2 aliphatic heterocycles. The van der Waals surface area contributed by atoms with Crippen molar-refractivity contribution in [3.63, 3.8) is 0 Å². The van der Waals surface area contributed by atoms with Crippen LogP contribution in [0, 0.1) is 17.3 Å². The maximum absolute atomic E-state index is 12.0. The van der Waals surface area contributed by atoms with Gasteiger partial charge in [0.1, 0.15) is 11.1 Å². The van der Waals surface area contributed by atoms with Crippen LogP contribution in [0.25, 0.3) is 11.0 Å². The van der Waals surface area contributed by atoms with E-state index in [0.29, 0.717) is 62.5 Å². The van der Waals surface area contributed by atoms with Crippen molar-refractivity contribution in [3.8, 4) is 11.6 Å². The zero-order valence-electron chi connectivity index (χ0n) is 19.2. The van der Waals surface area contributed by atoms with Gasteiger partial charge in [0.25, 0.3) is 5.88 Å². The number of nitrogens with zero attached hydrogens (tertiary/aromatic N) is 2. The predicted octanol–water partition coefficient (Wildman–Crippen LogP) is 3.98. The van der Waals surface area contributed by atoms with Crippen LogP contribution in [0.2, 0.25) is 0 Å². The van der Waals surface area contributed by atoms with Gasteiger partial charge >= 0.3 is 5.97 Å². The number of piperidine rings is 1. The van der Waals surface area contributed by atoms with E-state index in [0.717, 1.165) is 43.7 Å². The molecule has 0 radical (unpaired) electrons. The minimum atomic E-state index is -0.690. The molecule has 1 saturated carbocycles. The number of hydrogen-bond acceptors (Lipinski definition) is 7. The van der Waals surface area contributed by atoms with E-state index in [1.165, 1.54) is 19.3 Å². The molecule has 2 saturated heterocycles. The van der Waals surface area contributed by atoms with Crippen LogP contribution in [0.1, 0.15) is 44.9 Å². The molecule has 1 aromatic heterocycles. The van der Waals surface area contributed by atoms with E-state index < -0.39 is 11.4 Å². The number of aromatic nitrogens is 1. The first-order chi connectivity index (χ1) is 16.1. The number of carboxylic acid groups (broad SMARTS) is 1. The molecular formula is C25H34N2O6. The number of benzene rings is 1. The lowest BCUT2D eigenvalue weighted by molar-refractivity contribution is -0.157. The maximum Gasteiger partial charge on any atom is 0.311 e. The Morgan fingerprint density at radius 2 is 1.82 bits per heavy atom. The van der Waals surface area contributed by atoms with E-state index in [2.05, 4.69) is 10.1 Å². The van der Waals surface area contributed by atoms with E-state index in [1.807, 2.05) is 18.2 Å². The third-order valence-corrected chi connectivity index (χ3v) is 7.72. The Labute approximate surface area is 194 Å². The molecule has 1 N–H and O–H groups in total. The molecule has 0 atom stereocenters. The molecule has 3 fully saturated rings. The number of rotatable bonds is 9. The highest BCUT2D eigenvalue weighted by Crippen LogP contribution is 2.36. The standard InChI is InChI=1S/C25H34N2O6/c28-24(29)25(9-13-30-14-10-25)17-27-11-7-19(8-12-27)16-32-23-22-20(31-15-18-3-1-4-18)5-2-6-21(22)33-26-23/h2,5-6,18-19H,1,3-4,7-17H2,(H,28,29). The number of carboxylic acids is 1. The van der Waals surface area contributed by atoms with Crippen LogP contribution in [-0.4, -0.2) is 67.2 Å². The summed E-state index contributed by atoms with van der Waals surface area (Å²) in [6.45, 7) is 4.76. The molecule has 0 spiro atoms. The Balaban J connectivity index is 1.15. The number of fused-ring (bicyclic) bond motifs is 1. The summed E-state index contributed by atoms with van der Waals surface area (Å²) in [6, 6.07) is 5.77. The monoisotopic (exact) mass is 458 g/mol. The molecular weight excluding hydrogens is 424 g/mol. The Bertz CT molecular complexity index is 942. The summed E-state index contributed by atoms with van der Waals surface area (Å²) >= 11 is 0. The van der Waals surface area contributed by atoms with Gasteiger partial charge in [0, 0.05) is 19.8 Å². The summed E-state index contributed by atoms with van der Waals surface area (Å²) in [5.41, 5.74) is 0.0123. The minimum absolute atomic E-state index is 0.409. The van der Waals surface area contributed by atoms with Crippen LogP contribution in [0.5, 0.6) is 11.6 Å². The number of hydrogen-bond donors (Lipinski definition) is 1. The molecule has 8 nitrogen and oxygen atoms in total. The van der Waals surface area contributed by atoms with Crippen LogP contribution in [0.3, 0.4) is 0 Å². The van der Waals surface area contributed by atoms with Gasteiger partial charge in [-0.25, -0.2) is 0 Å². The van der Waals surface area contributed by atoms with Crippen molar-refractivity contribution >= 4 is 16.9 Å². The van der Waals surface area contributed by atoms with Gasteiger partial charge in [0.15, 0.2) is 5.58 Å². The molecule has 0 amide bonds. The third-order valence-electron chi connectivity index (χ3n) is 7.72. The Kier molecular flexibility index (Phi) is 6.74. The first-order valence-electron chi connectivity index (χ1n) is 12.3. The van der Waals surface area contributed by atoms with E-state index in [1.54, 1.807) is 0 Å². The number of carbonyl (C=O) groups is 1. The van der Waals surface area contributed by atoms with Crippen LogP contribution in [0.4, 0.5) is 0 Å². The van der Waals surface area contributed by atoms with Crippen molar-refractivity contribution < 1.29 is 28.6 Å². The lowest BCUT2D eigenvalue weighted by atomic mass is 9.79. The zero-order valence-corrected chi connectivity index (χ0v) is 19.2. The summed E-state index contributed by atoms with van der Waals surface area (Å²) in [6.07, 6.45) is 6.92. The van der Waals surface area contributed by atoms with Crippen molar-refractivity contribution in [1.82, 2.24) is 10.1 Å². The molecule has 0 bridgehead atoms. The van der Waals surface area contributed by atoms with Crippen LogP contribution >= 0.6 is 0 Å². The Hall–Kier alpha value is -2.32. The molecule has 2 aromatic rings. The Morgan fingerprint density at radius 3 is 2.52 bits per heavy atom. The van der Waals surface area contributed by atoms with E-state index in [-0.39, 0.29) is 0 Å². The smallest absolute Gasteiger partial charge is 0.311 e. The van der Waals surface area contributed by atoms with E-state index in [9.17, 15) is 9.90 Å². The van der Waals surface area contributed by atoms with Gasteiger partial charge in [-0.3, -0.25) is 4.79 Å². The summed E-state index contributed by atoms with van der Waals surface area (Å²) in [5, 5.41) is 14.8. The highest BCUT2D eigenvalue weighted by atomic mass is 16.5. The van der Waals surface area contributed by atoms with Crippen molar-refractivity contribution in [2.75, 3.05) is 46.1 Å². The fourth-order valence-electron chi connectivity index (χ4n) is 5.16. The zero-order chi connectivity index (χ0) is 22.7. The van der Waals surface area contributed by atoms with E-state index in [4.69, 9.17) is 18.7 Å². The van der Waals surface area contributed by atoms with Crippen LogP contribution < -0.4 is 9.47 Å². The second kappa shape index (κ2) is 9.89. The van der Waals surface area contributed by atoms with Gasteiger partial charge in [-0.15, -0.1) is 0 Å². The molecule has 5 rings (SSSR count). The molecule has 3 heterocycles. The fraction of sp³-hybridized carbons (Fsp3) is 0.680. The first-order valence-corrected chi connectivity index (χ1v) is 12.3. The van der Waals surface area contributed by atoms with Crippen molar-refractivity contribution in [2.24, 2.45) is 17.3 Å². The maximum atomic E-state index is 12.0. The van der Waals surface area contributed by atoms with Gasteiger partial charge < -0.3 is 28.7 Å². The highest BCUT2D eigenvalue weighted by molar-refractivity contribution is 5.88. The fourth-order valence-corrected chi connectivity index (χ4v) is 5.16. The summed E-state index contributed by atoms with van der Waals surface area (Å²) in [5.74, 6) is 1.65. The van der Waals surface area contributed by atoms with Crippen molar-refractivity contribution in [2.45, 2.75) is 44.9 Å². The third kappa shape index (κ3) is 4.96. The van der Waals surface area contributed by atoms with Gasteiger partial charge in [0.2, 0.25) is 0 Å². The minimum Gasteiger partial charge on any atom is -0.492 e. The molecule has 8 heteroatoms. The number of likely N-dealkylation sites (tertiary alicyclic amines) is 1. The SMILES string of the molecule is O=C(O)C1(CN2CCC(COc3noc4cccc(OCC5CCC5)c34)CC2)CCOCC1. The molecule has 3 aliphatic rings. The predicted molar refractivity (Wildman–Crippen MR) is 122 cm³/mol. The van der Waals surface area contributed by atoms with Crippen LogP contribution in [0.15, 0.2) is 22.7 Å². The summed E-state index contributed by atoms with van der Waals surface area (Å²) < 4.78 is 23.1. The molecule has 180 valence electrons. The molecule has 1 aliphatic carbocycles. The van der Waals surface area contributed by atoms with Gasteiger partial charge in [-0.2, -0.15) is 0 Å². The second-order valence-corrected chi connectivity index (χ2v) is 9.95. The molecule has 33 heavy (non-hydrogen) atoms. The van der Waals surface area contributed by atoms with Crippen molar-refractivity contribution in [3.05, 3.63) is 18.2 Å². The Morgan fingerprint density at radius 1 is 1.09 bits per heavy atom. The lowest BCUT2D eigenvalue weighted by Crippen LogP contribution is -2.49. The largest absolute Gasteiger partial charge is 0.492 e. The van der Waals surface area contributed by atoms with Gasteiger partial charge in [0.05, 0.1) is 18.6 Å². The molecule has 0 unspecified atom stereocenters. The van der Waals surface area contributed by atoms with Crippen LogP contribution in [-0.2, 0) is 9.53 Å². The van der Waals surface area contributed by atoms with E-state index >= 15 is 0 Å². The average Bonchev–Trinajstić information content (AvgIpc) is 3.22.